The quantitative estimate of drug-likeness (QED) is 0.0954. The van der Waals surface area contributed by atoms with Crippen LogP contribution in [0.5, 0.6) is 5.75 Å². The van der Waals surface area contributed by atoms with Crippen molar-refractivity contribution in [3.63, 3.8) is 0 Å². The summed E-state index contributed by atoms with van der Waals surface area (Å²) >= 11 is 0. The molecule has 4 aromatic rings. The molecule has 12 heteroatoms. The molecular formula is C28H30F2N3O6P. The first-order valence-corrected chi connectivity index (χ1v) is 14.3. The lowest BCUT2D eigenvalue weighted by Crippen LogP contribution is -2.17. The average molecular weight is 574 g/mol. The predicted octanol–water partition coefficient (Wildman–Crippen LogP) is 5.66. The topological polar surface area (TPSA) is 156 Å². The van der Waals surface area contributed by atoms with Crippen LogP contribution in [0.3, 0.4) is 0 Å². The van der Waals surface area contributed by atoms with Crippen LogP contribution in [0.2, 0.25) is 0 Å². The minimum Gasteiger partial charge on any atom is -0.494 e. The highest BCUT2D eigenvalue weighted by molar-refractivity contribution is 7.53. The summed E-state index contributed by atoms with van der Waals surface area (Å²) in [7, 11) is -5.48. The van der Waals surface area contributed by atoms with Crippen molar-refractivity contribution < 1.29 is 37.8 Å². The van der Waals surface area contributed by atoms with E-state index in [4.69, 9.17) is 25.4 Å². The number of fused-ring (bicyclic) bond motifs is 3. The monoisotopic (exact) mass is 573 g/mol. The molecule has 40 heavy (non-hydrogen) atoms. The second-order valence-electron chi connectivity index (χ2n) is 9.82. The molecule has 1 unspecified atom stereocenters. The Hall–Kier alpha value is -3.66. The zero-order valence-corrected chi connectivity index (χ0v) is 22.7. The van der Waals surface area contributed by atoms with Gasteiger partial charge in [0.1, 0.15) is 11.3 Å². The first kappa shape index (κ1) is 29.3. The fraction of sp³-hybridized carbons (Fsp3) is 0.321. The molecule has 0 amide bonds. The van der Waals surface area contributed by atoms with Crippen LogP contribution in [0.25, 0.3) is 21.8 Å². The second kappa shape index (κ2) is 11.8. The number of nitrogen functional groups attached to an aromatic ring is 1. The molecule has 4 rings (SSSR count). The Morgan fingerprint density at radius 2 is 1.80 bits per heavy atom. The van der Waals surface area contributed by atoms with E-state index in [1.807, 2.05) is 30.3 Å². The van der Waals surface area contributed by atoms with Gasteiger partial charge in [-0.3, -0.25) is 14.3 Å². The first-order valence-electron chi connectivity index (χ1n) is 12.7. The first-order chi connectivity index (χ1) is 18.8. The molecule has 2 heterocycles. The van der Waals surface area contributed by atoms with Gasteiger partial charge in [-0.2, -0.15) is 8.78 Å². The predicted molar refractivity (Wildman–Crippen MR) is 148 cm³/mol. The van der Waals surface area contributed by atoms with E-state index in [9.17, 15) is 18.1 Å². The van der Waals surface area contributed by atoms with Crippen LogP contribution in [0, 0.1) is 0 Å². The number of aryl methyl sites for hydroxylation is 1. The van der Waals surface area contributed by atoms with Crippen molar-refractivity contribution in [2.24, 2.45) is 0 Å². The molecule has 0 radical (unpaired) electrons. The summed E-state index contributed by atoms with van der Waals surface area (Å²) in [5.41, 5.74) is 6.30. The van der Waals surface area contributed by atoms with Crippen molar-refractivity contribution in [2.45, 2.75) is 50.6 Å². The zero-order valence-electron chi connectivity index (χ0n) is 21.8. The minimum atomic E-state index is -5.48. The highest BCUT2D eigenvalue weighted by atomic mass is 31.2. The molecule has 212 valence electrons. The SMILES string of the molecule is CC(Cc1ccc(OCCCC(F)(F)P(=O)(O)O)cc1)c1cnc2c(N)nc3cc(CCC(=O)O)ccc3c2c1. The van der Waals surface area contributed by atoms with Crippen LogP contribution >= 0.6 is 7.60 Å². The number of rotatable bonds is 12. The van der Waals surface area contributed by atoms with Crippen molar-refractivity contribution >= 4 is 41.2 Å². The number of aromatic nitrogens is 2. The lowest BCUT2D eigenvalue weighted by molar-refractivity contribution is -0.136. The number of carboxylic acids is 1. The second-order valence-corrected chi connectivity index (χ2v) is 11.6. The Morgan fingerprint density at radius 1 is 1.10 bits per heavy atom. The largest absolute Gasteiger partial charge is 0.494 e. The number of nitrogens with zero attached hydrogens (tertiary/aromatic N) is 2. The van der Waals surface area contributed by atoms with Crippen molar-refractivity contribution in [2.75, 3.05) is 12.3 Å². The van der Waals surface area contributed by atoms with E-state index < -0.39 is 25.6 Å². The van der Waals surface area contributed by atoms with Gasteiger partial charge in [-0.25, -0.2) is 4.98 Å². The number of benzene rings is 2. The molecule has 0 aliphatic rings. The summed E-state index contributed by atoms with van der Waals surface area (Å²) in [4.78, 5) is 37.4. The Bertz CT molecular complexity index is 1580. The van der Waals surface area contributed by atoms with E-state index in [-0.39, 0.29) is 25.4 Å². The number of nitrogens with two attached hydrogens (primary N) is 1. The standard InChI is InChI=1S/C28H30F2N3O6P/c1-17(13-18-3-7-21(8-4-18)39-12-2-11-28(29,30)40(36,37)38)20-15-23-22-9-5-19(6-10-25(34)35)14-24(22)33-27(31)26(23)32-16-20/h3-5,7-9,14-17H,2,6,10-13H2,1H3,(H2,31,33)(H,34,35)(H2,36,37,38). The van der Waals surface area contributed by atoms with Gasteiger partial charge in [0.15, 0.2) is 5.82 Å². The number of aliphatic carboxylic acids is 1. The van der Waals surface area contributed by atoms with Crippen LogP contribution in [-0.2, 0) is 22.2 Å². The van der Waals surface area contributed by atoms with E-state index in [0.29, 0.717) is 35.4 Å². The third-order valence-corrected chi connectivity index (χ3v) is 7.80. The van der Waals surface area contributed by atoms with Crippen molar-refractivity contribution in [3.05, 3.63) is 71.4 Å². The van der Waals surface area contributed by atoms with Gasteiger partial charge in [0.2, 0.25) is 0 Å². The number of hydrogen-bond acceptors (Lipinski definition) is 6. The number of pyridine rings is 2. The van der Waals surface area contributed by atoms with E-state index in [1.54, 1.807) is 18.3 Å². The minimum absolute atomic E-state index is 0.0309. The van der Waals surface area contributed by atoms with Crippen LogP contribution in [0.15, 0.2) is 54.7 Å². The molecule has 0 bridgehead atoms. The molecule has 9 nitrogen and oxygen atoms in total. The van der Waals surface area contributed by atoms with Gasteiger partial charge >= 0.3 is 19.2 Å². The number of alkyl halides is 2. The van der Waals surface area contributed by atoms with Crippen molar-refractivity contribution in [1.82, 2.24) is 9.97 Å². The lowest BCUT2D eigenvalue weighted by Gasteiger charge is -2.17. The summed E-state index contributed by atoms with van der Waals surface area (Å²) in [5.74, 6) is 0.0101. The molecule has 0 saturated heterocycles. The highest BCUT2D eigenvalue weighted by Gasteiger charge is 2.47. The highest BCUT2D eigenvalue weighted by Crippen LogP contribution is 2.55. The molecule has 0 spiro atoms. The molecule has 1 atom stereocenters. The lowest BCUT2D eigenvalue weighted by atomic mass is 9.93. The molecule has 0 saturated carbocycles. The van der Waals surface area contributed by atoms with E-state index in [0.717, 1.165) is 27.5 Å². The normalized spacial score (nSPS) is 13.0. The van der Waals surface area contributed by atoms with E-state index in [2.05, 4.69) is 23.0 Å². The average Bonchev–Trinajstić information content (AvgIpc) is 2.90. The molecule has 0 fully saturated rings. The van der Waals surface area contributed by atoms with Gasteiger partial charge in [-0.1, -0.05) is 31.2 Å². The van der Waals surface area contributed by atoms with E-state index >= 15 is 0 Å². The van der Waals surface area contributed by atoms with Crippen LogP contribution in [0.1, 0.15) is 48.8 Å². The van der Waals surface area contributed by atoms with Crippen molar-refractivity contribution in [3.8, 4) is 5.75 Å². The molecule has 0 aliphatic carbocycles. The smallest absolute Gasteiger partial charge is 0.394 e. The van der Waals surface area contributed by atoms with Gasteiger partial charge in [0.25, 0.3) is 0 Å². The van der Waals surface area contributed by atoms with Gasteiger partial charge < -0.3 is 25.4 Å². The molecule has 2 aromatic carbocycles. The zero-order chi connectivity index (χ0) is 29.1. The summed E-state index contributed by atoms with van der Waals surface area (Å²) in [5, 5.41) is 10.7. The summed E-state index contributed by atoms with van der Waals surface area (Å²) in [6, 6.07) is 14.9. The number of ether oxygens (including phenoxy) is 1. The van der Waals surface area contributed by atoms with Crippen LogP contribution < -0.4 is 10.5 Å². The Balaban J connectivity index is 1.43. The summed E-state index contributed by atoms with van der Waals surface area (Å²) in [6.45, 7) is 1.98. The third-order valence-electron chi connectivity index (χ3n) is 6.72. The van der Waals surface area contributed by atoms with Crippen molar-refractivity contribution in [1.29, 1.82) is 0 Å². The summed E-state index contributed by atoms with van der Waals surface area (Å²) < 4.78 is 43.0. The molecule has 2 aromatic heterocycles. The van der Waals surface area contributed by atoms with Crippen LogP contribution in [0.4, 0.5) is 14.6 Å². The van der Waals surface area contributed by atoms with E-state index in [1.165, 1.54) is 0 Å². The Labute approximate surface area is 229 Å². The maximum Gasteiger partial charge on any atom is 0.394 e. The molecule has 5 N–H and O–H groups in total. The number of hydrogen-bond donors (Lipinski definition) is 4. The maximum atomic E-state index is 13.4. The van der Waals surface area contributed by atoms with Gasteiger partial charge in [0, 0.05) is 29.8 Å². The van der Waals surface area contributed by atoms with Gasteiger partial charge in [-0.05, 0) is 66.1 Å². The third kappa shape index (κ3) is 6.91. The number of carboxylic acid groups (broad SMARTS) is 1. The number of halogens is 2. The van der Waals surface area contributed by atoms with Gasteiger partial charge in [-0.15, -0.1) is 0 Å². The fourth-order valence-electron chi connectivity index (χ4n) is 4.46. The fourth-order valence-corrected chi connectivity index (χ4v) is 4.91. The summed E-state index contributed by atoms with van der Waals surface area (Å²) in [6.07, 6.45) is 1.74. The number of anilines is 1. The maximum absolute atomic E-state index is 13.4. The molecular weight excluding hydrogens is 543 g/mol. The number of carbonyl (C=O) groups is 1. The van der Waals surface area contributed by atoms with Gasteiger partial charge in [0.05, 0.1) is 12.1 Å². The Morgan fingerprint density at radius 3 is 2.48 bits per heavy atom. The Kier molecular flexibility index (Phi) is 8.68. The molecule has 0 aliphatic heterocycles. The van der Waals surface area contributed by atoms with Crippen LogP contribution in [-0.4, -0.2) is 43.1 Å².